The third-order valence-electron chi connectivity index (χ3n) is 7.90. The second-order valence-electron chi connectivity index (χ2n) is 10.5. The molecule has 0 aliphatic rings. The monoisotopic (exact) mass is 535 g/mol. The number of hydrogen-bond donors (Lipinski definition) is 0. The van der Waals surface area contributed by atoms with Crippen LogP contribution in [-0.4, -0.2) is 15.0 Å². The Hall–Kier alpha value is -5.67. The Kier molecular flexibility index (Phi) is 5.79. The van der Waals surface area contributed by atoms with E-state index in [1.54, 1.807) is 0 Å². The molecule has 0 aliphatic heterocycles. The van der Waals surface area contributed by atoms with Gasteiger partial charge in [0.15, 0.2) is 17.5 Å². The Labute approximate surface area is 243 Å². The quantitative estimate of drug-likeness (QED) is 0.211. The average molecular weight is 536 g/mol. The molecular formula is C39H25N3. The second kappa shape index (κ2) is 10.1. The molecule has 0 N–H and O–H groups in total. The molecule has 1 heterocycles. The van der Waals surface area contributed by atoms with E-state index in [2.05, 4.69) is 91.0 Å². The smallest absolute Gasteiger partial charge is 0.164 e. The van der Waals surface area contributed by atoms with Crippen molar-refractivity contribution in [3.8, 4) is 45.3 Å². The third kappa shape index (κ3) is 4.20. The van der Waals surface area contributed by atoms with Crippen LogP contribution in [0.1, 0.15) is 0 Å². The van der Waals surface area contributed by atoms with E-state index in [1.165, 1.54) is 43.4 Å². The lowest BCUT2D eigenvalue weighted by Gasteiger charge is -2.14. The number of hydrogen-bond acceptors (Lipinski definition) is 3. The first kappa shape index (κ1) is 24.2. The first-order valence-corrected chi connectivity index (χ1v) is 14.1. The van der Waals surface area contributed by atoms with Crippen LogP contribution in [0.5, 0.6) is 0 Å². The van der Waals surface area contributed by atoms with Gasteiger partial charge in [-0.15, -0.1) is 0 Å². The van der Waals surface area contributed by atoms with Gasteiger partial charge in [-0.05, 0) is 55.6 Å². The summed E-state index contributed by atoms with van der Waals surface area (Å²) < 4.78 is 0. The van der Waals surface area contributed by atoms with Crippen LogP contribution < -0.4 is 0 Å². The Morgan fingerprint density at radius 3 is 1.38 bits per heavy atom. The minimum atomic E-state index is 0.658. The molecule has 42 heavy (non-hydrogen) atoms. The van der Waals surface area contributed by atoms with Gasteiger partial charge in [0.1, 0.15) is 0 Å². The van der Waals surface area contributed by atoms with Crippen molar-refractivity contribution in [2.45, 2.75) is 0 Å². The Morgan fingerprint density at radius 1 is 0.286 bits per heavy atom. The fraction of sp³-hybridized carbons (Fsp3) is 0. The molecule has 0 aliphatic carbocycles. The number of aromatic nitrogens is 3. The van der Waals surface area contributed by atoms with Gasteiger partial charge in [0, 0.05) is 16.7 Å². The van der Waals surface area contributed by atoms with E-state index in [9.17, 15) is 0 Å². The maximum Gasteiger partial charge on any atom is 0.164 e. The van der Waals surface area contributed by atoms with E-state index in [-0.39, 0.29) is 0 Å². The van der Waals surface area contributed by atoms with E-state index in [1.807, 2.05) is 60.7 Å². The molecule has 0 amide bonds. The van der Waals surface area contributed by atoms with Gasteiger partial charge < -0.3 is 0 Å². The van der Waals surface area contributed by atoms with Crippen LogP contribution in [0.4, 0.5) is 0 Å². The topological polar surface area (TPSA) is 38.7 Å². The van der Waals surface area contributed by atoms with Crippen molar-refractivity contribution in [3.63, 3.8) is 0 Å². The summed E-state index contributed by atoms with van der Waals surface area (Å²) in [4.78, 5) is 14.8. The fourth-order valence-electron chi connectivity index (χ4n) is 5.84. The van der Waals surface area contributed by atoms with Gasteiger partial charge in [0.05, 0.1) is 0 Å². The van der Waals surface area contributed by atoms with Crippen molar-refractivity contribution in [2.75, 3.05) is 0 Å². The number of fused-ring (bicyclic) bond motifs is 5. The largest absolute Gasteiger partial charge is 0.208 e. The fourth-order valence-corrected chi connectivity index (χ4v) is 5.84. The molecule has 0 unspecified atom stereocenters. The number of nitrogens with zero attached hydrogens (tertiary/aromatic N) is 3. The standard InChI is InChI=1S/C39H25N3/c1-4-12-26(13-5-1)35-25-36-33(31-18-10-11-19-32(31)35)23-22-27-20-21-30(24-34(27)36)39-41-37(28-14-6-2-7-15-28)40-38(42-39)29-16-8-3-9-17-29/h1-25H. The molecule has 0 radical (unpaired) electrons. The molecule has 196 valence electrons. The first-order valence-electron chi connectivity index (χ1n) is 14.1. The highest BCUT2D eigenvalue weighted by molar-refractivity contribution is 6.21. The van der Waals surface area contributed by atoms with Crippen LogP contribution in [0.25, 0.3) is 77.6 Å². The molecule has 0 saturated carbocycles. The molecule has 0 bridgehead atoms. The Balaban J connectivity index is 1.39. The normalized spacial score (nSPS) is 11.3. The highest BCUT2D eigenvalue weighted by Crippen LogP contribution is 2.39. The second-order valence-corrected chi connectivity index (χ2v) is 10.5. The van der Waals surface area contributed by atoms with E-state index in [0.717, 1.165) is 16.7 Å². The van der Waals surface area contributed by atoms with Crippen molar-refractivity contribution in [1.82, 2.24) is 15.0 Å². The van der Waals surface area contributed by atoms with Crippen LogP contribution in [0.15, 0.2) is 152 Å². The zero-order valence-electron chi connectivity index (χ0n) is 22.8. The molecule has 0 saturated heterocycles. The van der Waals surface area contributed by atoms with E-state index < -0.39 is 0 Å². The predicted molar refractivity (Wildman–Crippen MR) is 174 cm³/mol. The van der Waals surface area contributed by atoms with Crippen molar-refractivity contribution < 1.29 is 0 Å². The molecule has 8 rings (SSSR count). The van der Waals surface area contributed by atoms with Crippen LogP contribution in [0.3, 0.4) is 0 Å². The molecule has 0 fully saturated rings. The molecule has 0 atom stereocenters. The summed E-state index contributed by atoms with van der Waals surface area (Å²) in [7, 11) is 0. The van der Waals surface area contributed by atoms with Crippen LogP contribution >= 0.6 is 0 Å². The lowest BCUT2D eigenvalue weighted by Crippen LogP contribution is -2.00. The minimum Gasteiger partial charge on any atom is -0.208 e. The summed E-state index contributed by atoms with van der Waals surface area (Å²) in [5.41, 5.74) is 5.32. The van der Waals surface area contributed by atoms with Crippen molar-refractivity contribution in [2.24, 2.45) is 0 Å². The van der Waals surface area contributed by atoms with Crippen LogP contribution in [0.2, 0.25) is 0 Å². The van der Waals surface area contributed by atoms with Gasteiger partial charge in [0.2, 0.25) is 0 Å². The zero-order valence-corrected chi connectivity index (χ0v) is 22.8. The average Bonchev–Trinajstić information content (AvgIpc) is 3.08. The summed E-state index contributed by atoms with van der Waals surface area (Å²) in [6.07, 6.45) is 0. The van der Waals surface area contributed by atoms with Gasteiger partial charge in [-0.1, -0.05) is 140 Å². The lowest BCUT2D eigenvalue weighted by atomic mass is 9.90. The lowest BCUT2D eigenvalue weighted by molar-refractivity contribution is 1.07. The van der Waals surface area contributed by atoms with Crippen LogP contribution in [0, 0.1) is 0 Å². The summed E-state index contributed by atoms with van der Waals surface area (Å²) in [5.74, 6) is 1.98. The van der Waals surface area contributed by atoms with Gasteiger partial charge in [-0.25, -0.2) is 15.0 Å². The molecule has 8 aromatic rings. The zero-order chi connectivity index (χ0) is 27.9. The van der Waals surface area contributed by atoms with E-state index >= 15 is 0 Å². The first-order chi connectivity index (χ1) is 20.8. The molecule has 3 heteroatoms. The summed E-state index contributed by atoms with van der Waals surface area (Å²) in [6.45, 7) is 0. The van der Waals surface area contributed by atoms with Crippen molar-refractivity contribution >= 4 is 32.3 Å². The molecule has 1 aromatic heterocycles. The van der Waals surface area contributed by atoms with Crippen molar-refractivity contribution in [3.05, 3.63) is 152 Å². The Morgan fingerprint density at radius 2 is 0.762 bits per heavy atom. The van der Waals surface area contributed by atoms with Gasteiger partial charge in [-0.3, -0.25) is 0 Å². The molecule has 3 nitrogen and oxygen atoms in total. The Bertz CT molecular complexity index is 2170. The predicted octanol–water partition coefficient (Wildman–Crippen LogP) is 10.00. The highest BCUT2D eigenvalue weighted by atomic mass is 15.0. The van der Waals surface area contributed by atoms with Gasteiger partial charge >= 0.3 is 0 Å². The highest BCUT2D eigenvalue weighted by Gasteiger charge is 2.15. The van der Waals surface area contributed by atoms with E-state index in [0.29, 0.717) is 17.5 Å². The number of benzene rings is 7. The summed E-state index contributed by atoms with van der Waals surface area (Å²) in [5, 5.41) is 7.31. The molecule has 0 spiro atoms. The van der Waals surface area contributed by atoms with Gasteiger partial charge in [0.25, 0.3) is 0 Å². The van der Waals surface area contributed by atoms with Crippen molar-refractivity contribution in [1.29, 1.82) is 0 Å². The summed E-state index contributed by atoms with van der Waals surface area (Å²) in [6, 6.07) is 52.9. The van der Waals surface area contributed by atoms with Crippen LogP contribution in [-0.2, 0) is 0 Å². The summed E-state index contributed by atoms with van der Waals surface area (Å²) >= 11 is 0. The van der Waals surface area contributed by atoms with E-state index in [4.69, 9.17) is 15.0 Å². The molecular weight excluding hydrogens is 510 g/mol. The molecule has 7 aromatic carbocycles. The third-order valence-corrected chi connectivity index (χ3v) is 7.90. The maximum atomic E-state index is 4.98. The maximum absolute atomic E-state index is 4.98. The number of rotatable bonds is 4. The van der Waals surface area contributed by atoms with Gasteiger partial charge in [-0.2, -0.15) is 0 Å². The minimum absolute atomic E-state index is 0.658. The SMILES string of the molecule is c1ccc(-c2nc(-c3ccccc3)nc(-c3ccc4ccc5c6ccccc6c(-c6ccccc6)cc5c4c3)n2)cc1.